The molecular weight excluding hydrogens is 241 g/mol. The van der Waals surface area contributed by atoms with Gasteiger partial charge in [-0.2, -0.15) is 0 Å². The van der Waals surface area contributed by atoms with E-state index in [1.54, 1.807) is 12.1 Å². The molecule has 0 bridgehead atoms. The van der Waals surface area contributed by atoms with Gasteiger partial charge in [-0.3, -0.25) is 0 Å². The molecule has 2 aromatic carbocycles. The van der Waals surface area contributed by atoms with Crippen LogP contribution in [0, 0.1) is 12.7 Å². The van der Waals surface area contributed by atoms with Crippen molar-refractivity contribution in [3.63, 3.8) is 0 Å². The molecule has 2 N–H and O–H groups in total. The van der Waals surface area contributed by atoms with Crippen molar-refractivity contribution in [3.05, 3.63) is 71.0 Å². The van der Waals surface area contributed by atoms with E-state index >= 15 is 0 Å². The van der Waals surface area contributed by atoms with Gasteiger partial charge in [0.05, 0.1) is 12.6 Å². The Kier molecular flexibility index (Phi) is 4.66. The maximum atomic E-state index is 13.8. The summed E-state index contributed by atoms with van der Waals surface area (Å²) in [5.74, 6) is -0.287. The number of halogens is 1. The van der Waals surface area contributed by atoms with Crippen molar-refractivity contribution in [2.75, 3.05) is 6.61 Å². The van der Waals surface area contributed by atoms with E-state index in [0.29, 0.717) is 12.1 Å². The summed E-state index contributed by atoms with van der Waals surface area (Å²) in [5, 5.41) is 12.6. The zero-order chi connectivity index (χ0) is 13.7. The summed E-state index contributed by atoms with van der Waals surface area (Å²) in [6.07, 6.45) is 0. The first-order valence-corrected chi connectivity index (χ1v) is 6.35. The summed E-state index contributed by atoms with van der Waals surface area (Å²) >= 11 is 0. The molecule has 0 radical (unpaired) electrons. The Morgan fingerprint density at radius 1 is 1.16 bits per heavy atom. The van der Waals surface area contributed by atoms with Crippen molar-refractivity contribution < 1.29 is 9.50 Å². The number of aliphatic hydroxyl groups excluding tert-OH is 1. The van der Waals surface area contributed by atoms with Crippen molar-refractivity contribution in [1.29, 1.82) is 0 Å². The minimum absolute atomic E-state index is 0.132. The van der Waals surface area contributed by atoms with Crippen LogP contribution >= 0.6 is 0 Å². The molecule has 0 spiro atoms. The smallest absolute Gasteiger partial charge is 0.128 e. The molecule has 3 heteroatoms. The number of benzene rings is 2. The average molecular weight is 259 g/mol. The van der Waals surface area contributed by atoms with Crippen LogP contribution in [-0.2, 0) is 6.54 Å². The van der Waals surface area contributed by atoms with Crippen LogP contribution < -0.4 is 5.32 Å². The van der Waals surface area contributed by atoms with Crippen molar-refractivity contribution in [3.8, 4) is 0 Å². The standard InChI is InChI=1S/C16H18FNO/c1-12-7-8-15(17)14(9-12)16(11-19)18-10-13-5-3-2-4-6-13/h2-9,16,18-19H,10-11H2,1H3. The van der Waals surface area contributed by atoms with E-state index in [0.717, 1.165) is 11.1 Å². The summed E-state index contributed by atoms with van der Waals surface area (Å²) in [6, 6.07) is 14.4. The Morgan fingerprint density at radius 3 is 2.58 bits per heavy atom. The predicted octanol–water partition coefficient (Wildman–Crippen LogP) is 2.96. The van der Waals surface area contributed by atoms with Gasteiger partial charge >= 0.3 is 0 Å². The van der Waals surface area contributed by atoms with E-state index in [9.17, 15) is 9.50 Å². The highest BCUT2D eigenvalue weighted by Crippen LogP contribution is 2.19. The van der Waals surface area contributed by atoms with Gasteiger partial charge in [0.25, 0.3) is 0 Å². The molecule has 19 heavy (non-hydrogen) atoms. The van der Waals surface area contributed by atoms with Crippen LogP contribution in [0.5, 0.6) is 0 Å². The van der Waals surface area contributed by atoms with Gasteiger partial charge in [-0.05, 0) is 18.6 Å². The number of hydrogen-bond acceptors (Lipinski definition) is 2. The average Bonchev–Trinajstić information content (AvgIpc) is 2.44. The van der Waals surface area contributed by atoms with E-state index < -0.39 is 0 Å². The van der Waals surface area contributed by atoms with Gasteiger partial charge < -0.3 is 10.4 Å². The van der Waals surface area contributed by atoms with E-state index in [4.69, 9.17) is 0 Å². The van der Waals surface area contributed by atoms with Crippen molar-refractivity contribution in [2.45, 2.75) is 19.5 Å². The van der Waals surface area contributed by atoms with E-state index in [-0.39, 0.29) is 18.5 Å². The van der Waals surface area contributed by atoms with Crippen LogP contribution in [0.4, 0.5) is 4.39 Å². The molecule has 0 heterocycles. The van der Waals surface area contributed by atoms with Crippen LogP contribution in [0.15, 0.2) is 48.5 Å². The molecule has 2 nitrogen and oxygen atoms in total. The van der Waals surface area contributed by atoms with E-state index in [1.165, 1.54) is 6.07 Å². The number of rotatable bonds is 5. The molecule has 0 saturated heterocycles. The minimum atomic E-state index is -0.389. The molecule has 100 valence electrons. The molecule has 0 saturated carbocycles. The largest absolute Gasteiger partial charge is 0.394 e. The fourth-order valence-electron chi connectivity index (χ4n) is 2.04. The summed E-state index contributed by atoms with van der Waals surface area (Å²) < 4.78 is 13.8. The third-order valence-electron chi connectivity index (χ3n) is 3.10. The van der Waals surface area contributed by atoms with Crippen LogP contribution in [0.2, 0.25) is 0 Å². The Hall–Kier alpha value is -1.71. The number of aliphatic hydroxyl groups is 1. The first kappa shape index (κ1) is 13.7. The molecule has 2 rings (SSSR count). The highest BCUT2D eigenvalue weighted by Gasteiger charge is 2.14. The van der Waals surface area contributed by atoms with E-state index in [2.05, 4.69) is 5.32 Å². The highest BCUT2D eigenvalue weighted by molar-refractivity contribution is 5.27. The monoisotopic (exact) mass is 259 g/mol. The molecule has 0 aliphatic heterocycles. The van der Waals surface area contributed by atoms with Gasteiger partial charge in [-0.15, -0.1) is 0 Å². The first-order valence-electron chi connectivity index (χ1n) is 6.35. The number of hydrogen-bond donors (Lipinski definition) is 2. The Labute approximate surface area is 112 Å². The molecule has 0 aliphatic rings. The summed E-state index contributed by atoms with van der Waals surface area (Å²) in [7, 11) is 0. The molecule has 1 unspecified atom stereocenters. The first-order chi connectivity index (χ1) is 9.20. The van der Waals surface area contributed by atoms with Crippen LogP contribution in [0.25, 0.3) is 0 Å². The normalized spacial score (nSPS) is 12.4. The Morgan fingerprint density at radius 2 is 1.89 bits per heavy atom. The fraction of sp³-hybridized carbons (Fsp3) is 0.250. The van der Waals surface area contributed by atoms with Crippen LogP contribution in [0.1, 0.15) is 22.7 Å². The summed E-state index contributed by atoms with van der Waals surface area (Å²) in [4.78, 5) is 0. The SMILES string of the molecule is Cc1ccc(F)c(C(CO)NCc2ccccc2)c1. The molecule has 0 aliphatic carbocycles. The summed E-state index contributed by atoms with van der Waals surface area (Å²) in [6.45, 7) is 2.38. The topological polar surface area (TPSA) is 32.3 Å². The zero-order valence-electron chi connectivity index (χ0n) is 10.9. The zero-order valence-corrected chi connectivity index (χ0v) is 10.9. The quantitative estimate of drug-likeness (QED) is 0.865. The molecular formula is C16H18FNO. The van der Waals surface area contributed by atoms with Crippen LogP contribution in [0.3, 0.4) is 0 Å². The van der Waals surface area contributed by atoms with Gasteiger partial charge in [0, 0.05) is 12.1 Å². The minimum Gasteiger partial charge on any atom is -0.394 e. The predicted molar refractivity (Wildman–Crippen MR) is 74.2 cm³/mol. The number of nitrogens with one attached hydrogen (secondary N) is 1. The highest BCUT2D eigenvalue weighted by atomic mass is 19.1. The lowest BCUT2D eigenvalue weighted by Gasteiger charge is -2.18. The Balaban J connectivity index is 2.10. The lowest BCUT2D eigenvalue weighted by molar-refractivity contribution is 0.240. The molecule has 0 aromatic heterocycles. The Bertz CT molecular complexity index is 528. The molecule has 1 atom stereocenters. The summed E-state index contributed by atoms with van der Waals surface area (Å²) in [5.41, 5.74) is 2.60. The fourth-order valence-corrected chi connectivity index (χ4v) is 2.04. The van der Waals surface area contributed by atoms with Crippen molar-refractivity contribution in [1.82, 2.24) is 5.32 Å². The second-order valence-corrected chi connectivity index (χ2v) is 4.63. The third-order valence-corrected chi connectivity index (χ3v) is 3.10. The van der Waals surface area contributed by atoms with Gasteiger partial charge in [0.1, 0.15) is 5.82 Å². The number of aryl methyl sites for hydroxylation is 1. The van der Waals surface area contributed by atoms with Crippen molar-refractivity contribution >= 4 is 0 Å². The van der Waals surface area contributed by atoms with Gasteiger partial charge in [0.2, 0.25) is 0 Å². The van der Waals surface area contributed by atoms with Crippen molar-refractivity contribution in [2.24, 2.45) is 0 Å². The van der Waals surface area contributed by atoms with Crippen LogP contribution in [-0.4, -0.2) is 11.7 Å². The molecule has 2 aromatic rings. The molecule has 0 amide bonds. The van der Waals surface area contributed by atoms with Gasteiger partial charge in [-0.25, -0.2) is 4.39 Å². The lowest BCUT2D eigenvalue weighted by Crippen LogP contribution is -2.25. The lowest BCUT2D eigenvalue weighted by atomic mass is 10.0. The van der Waals surface area contributed by atoms with Gasteiger partial charge in [-0.1, -0.05) is 48.0 Å². The maximum Gasteiger partial charge on any atom is 0.128 e. The molecule has 0 fully saturated rings. The van der Waals surface area contributed by atoms with Gasteiger partial charge in [0.15, 0.2) is 0 Å². The second-order valence-electron chi connectivity index (χ2n) is 4.63. The third kappa shape index (κ3) is 3.63. The maximum absolute atomic E-state index is 13.8. The van der Waals surface area contributed by atoms with E-state index in [1.807, 2.05) is 37.3 Å². The second kappa shape index (κ2) is 6.45.